The van der Waals surface area contributed by atoms with Gasteiger partial charge in [-0.1, -0.05) is 18.2 Å². The van der Waals surface area contributed by atoms with Crippen LogP contribution in [0.1, 0.15) is 28.5 Å². The summed E-state index contributed by atoms with van der Waals surface area (Å²) in [7, 11) is 3.41. The lowest BCUT2D eigenvalue weighted by Gasteiger charge is -2.17. The minimum atomic E-state index is -0.370. The highest BCUT2D eigenvalue weighted by Crippen LogP contribution is 2.27. The summed E-state index contributed by atoms with van der Waals surface area (Å²) in [5, 5.41) is 0. The number of ether oxygens (including phenoxy) is 2. The summed E-state index contributed by atoms with van der Waals surface area (Å²) >= 11 is 0. The fraction of sp³-hybridized carbons (Fsp3) is 0.300. The van der Waals surface area contributed by atoms with E-state index in [-0.39, 0.29) is 12.6 Å². The Balaban J connectivity index is 1.93. The highest BCUT2D eigenvalue weighted by atomic mass is 16.5. The van der Waals surface area contributed by atoms with E-state index in [0.717, 1.165) is 29.3 Å². The molecule has 2 heterocycles. The molecular weight excluding hydrogens is 330 g/mol. The van der Waals surface area contributed by atoms with E-state index in [9.17, 15) is 4.79 Å². The quantitative estimate of drug-likeness (QED) is 0.635. The minimum Gasteiger partial charge on any atom is -0.485 e. The molecule has 0 N–H and O–H groups in total. The number of hydrogen-bond donors (Lipinski definition) is 0. The Morgan fingerprint density at radius 1 is 1.23 bits per heavy atom. The largest absolute Gasteiger partial charge is 0.485 e. The standard InChI is InChI=1S/C20H23N3O3/c1-5-22(3)19-14(2)21-18-17(11-8-12-23(18)19)26-13-15-9-6-7-10-16(15)20(24)25-4/h6-12H,5,13H2,1-4H3. The Labute approximate surface area is 153 Å². The molecule has 0 fully saturated rings. The number of carbonyl (C=O) groups excluding carboxylic acids is 1. The molecule has 6 nitrogen and oxygen atoms in total. The van der Waals surface area contributed by atoms with E-state index in [2.05, 4.69) is 16.8 Å². The van der Waals surface area contributed by atoms with E-state index in [1.54, 1.807) is 12.1 Å². The molecule has 3 aromatic rings. The lowest BCUT2D eigenvalue weighted by molar-refractivity contribution is 0.0598. The van der Waals surface area contributed by atoms with Gasteiger partial charge in [0.05, 0.1) is 18.4 Å². The first kappa shape index (κ1) is 17.8. The second-order valence-corrected chi connectivity index (χ2v) is 6.04. The Hall–Kier alpha value is -3.02. The lowest BCUT2D eigenvalue weighted by Crippen LogP contribution is -2.18. The molecule has 136 valence electrons. The lowest BCUT2D eigenvalue weighted by atomic mass is 10.1. The van der Waals surface area contributed by atoms with Gasteiger partial charge in [-0.2, -0.15) is 0 Å². The van der Waals surface area contributed by atoms with Crippen LogP contribution in [0.4, 0.5) is 5.82 Å². The van der Waals surface area contributed by atoms with E-state index >= 15 is 0 Å². The molecule has 0 saturated heterocycles. The molecule has 0 amide bonds. The Bertz CT molecular complexity index is 933. The van der Waals surface area contributed by atoms with Crippen molar-refractivity contribution >= 4 is 17.4 Å². The predicted octanol–water partition coefficient (Wildman–Crippen LogP) is 3.46. The van der Waals surface area contributed by atoms with Crippen LogP contribution in [0, 0.1) is 6.92 Å². The zero-order chi connectivity index (χ0) is 18.7. The molecule has 26 heavy (non-hydrogen) atoms. The number of methoxy groups -OCH3 is 1. The van der Waals surface area contributed by atoms with Crippen molar-refractivity contribution in [3.63, 3.8) is 0 Å². The molecule has 0 unspecified atom stereocenters. The van der Waals surface area contributed by atoms with Gasteiger partial charge in [0.2, 0.25) is 0 Å². The van der Waals surface area contributed by atoms with Gasteiger partial charge in [-0.05, 0) is 32.0 Å². The molecule has 0 spiro atoms. The molecular formula is C20H23N3O3. The van der Waals surface area contributed by atoms with E-state index in [1.807, 2.05) is 48.8 Å². The number of rotatable bonds is 6. The molecule has 6 heteroatoms. The van der Waals surface area contributed by atoms with Gasteiger partial charge >= 0.3 is 5.97 Å². The second kappa shape index (κ2) is 7.47. The summed E-state index contributed by atoms with van der Waals surface area (Å²) in [6, 6.07) is 11.1. The molecule has 0 aliphatic carbocycles. The number of nitrogens with zero attached hydrogens (tertiary/aromatic N) is 3. The predicted molar refractivity (Wildman–Crippen MR) is 101 cm³/mol. The Kier molecular flexibility index (Phi) is 5.11. The van der Waals surface area contributed by atoms with Gasteiger partial charge in [0.1, 0.15) is 12.4 Å². The van der Waals surface area contributed by atoms with Crippen molar-refractivity contribution in [2.45, 2.75) is 20.5 Å². The van der Waals surface area contributed by atoms with Gasteiger partial charge in [0.25, 0.3) is 0 Å². The van der Waals surface area contributed by atoms with Crippen molar-refractivity contribution in [3.05, 3.63) is 59.4 Å². The van der Waals surface area contributed by atoms with Gasteiger partial charge in [-0.15, -0.1) is 0 Å². The van der Waals surface area contributed by atoms with Crippen LogP contribution in [0.25, 0.3) is 5.65 Å². The van der Waals surface area contributed by atoms with Crippen LogP contribution < -0.4 is 9.64 Å². The first-order valence-corrected chi connectivity index (χ1v) is 8.54. The number of fused-ring (bicyclic) bond motifs is 1. The average molecular weight is 353 g/mol. The van der Waals surface area contributed by atoms with Crippen LogP contribution in [0.5, 0.6) is 5.75 Å². The molecule has 3 rings (SSSR count). The van der Waals surface area contributed by atoms with E-state index in [0.29, 0.717) is 11.3 Å². The second-order valence-electron chi connectivity index (χ2n) is 6.04. The highest BCUT2D eigenvalue weighted by Gasteiger charge is 2.16. The van der Waals surface area contributed by atoms with Gasteiger partial charge in [0, 0.05) is 25.4 Å². The first-order chi connectivity index (χ1) is 12.6. The normalized spacial score (nSPS) is 10.8. The number of imidazole rings is 1. The third-order valence-electron chi connectivity index (χ3n) is 4.40. The first-order valence-electron chi connectivity index (χ1n) is 8.54. The van der Waals surface area contributed by atoms with Crippen molar-refractivity contribution in [2.24, 2.45) is 0 Å². The van der Waals surface area contributed by atoms with Crippen LogP contribution in [-0.2, 0) is 11.3 Å². The molecule has 0 saturated carbocycles. The topological polar surface area (TPSA) is 56.1 Å². The molecule has 2 aromatic heterocycles. The third kappa shape index (κ3) is 3.22. The molecule has 0 aliphatic heterocycles. The van der Waals surface area contributed by atoms with Crippen molar-refractivity contribution in [1.82, 2.24) is 9.38 Å². The van der Waals surface area contributed by atoms with Crippen LogP contribution in [0.3, 0.4) is 0 Å². The number of aryl methyl sites for hydroxylation is 1. The van der Waals surface area contributed by atoms with Crippen molar-refractivity contribution in [3.8, 4) is 5.75 Å². The Morgan fingerprint density at radius 3 is 2.73 bits per heavy atom. The highest BCUT2D eigenvalue weighted by molar-refractivity contribution is 5.90. The van der Waals surface area contributed by atoms with E-state index in [1.165, 1.54) is 7.11 Å². The number of pyridine rings is 1. The fourth-order valence-corrected chi connectivity index (χ4v) is 2.98. The number of anilines is 1. The van der Waals surface area contributed by atoms with Gasteiger partial charge in [-0.25, -0.2) is 9.78 Å². The van der Waals surface area contributed by atoms with Gasteiger partial charge in [0.15, 0.2) is 11.4 Å². The van der Waals surface area contributed by atoms with Crippen LogP contribution in [0.2, 0.25) is 0 Å². The monoisotopic (exact) mass is 353 g/mol. The smallest absolute Gasteiger partial charge is 0.338 e. The van der Waals surface area contributed by atoms with Gasteiger partial charge in [-0.3, -0.25) is 4.40 Å². The summed E-state index contributed by atoms with van der Waals surface area (Å²) in [6.07, 6.45) is 1.98. The average Bonchev–Trinajstić information content (AvgIpc) is 3.01. The maximum absolute atomic E-state index is 11.9. The molecule has 0 radical (unpaired) electrons. The summed E-state index contributed by atoms with van der Waals surface area (Å²) in [5.74, 6) is 1.35. The van der Waals surface area contributed by atoms with Crippen molar-refractivity contribution in [2.75, 3.05) is 25.6 Å². The number of benzene rings is 1. The molecule has 0 bridgehead atoms. The Morgan fingerprint density at radius 2 is 2.00 bits per heavy atom. The minimum absolute atomic E-state index is 0.260. The number of hydrogen-bond acceptors (Lipinski definition) is 5. The zero-order valence-corrected chi connectivity index (χ0v) is 15.5. The number of aromatic nitrogens is 2. The summed E-state index contributed by atoms with van der Waals surface area (Å²) < 4.78 is 12.9. The van der Waals surface area contributed by atoms with Gasteiger partial charge < -0.3 is 14.4 Å². The van der Waals surface area contributed by atoms with Crippen LogP contribution in [0.15, 0.2) is 42.6 Å². The molecule has 0 aliphatic rings. The number of esters is 1. The van der Waals surface area contributed by atoms with Crippen LogP contribution in [-0.4, -0.2) is 36.1 Å². The van der Waals surface area contributed by atoms with E-state index in [4.69, 9.17) is 9.47 Å². The maximum atomic E-state index is 11.9. The fourth-order valence-electron chi connectivity index (χ4n) is 2.98. The SMILES string of the molecule is CCN(C)c1c(C)nc2c(OCc3ccccc3C(=O)OC)cccn12. The molecule has 0 atom stereocenters. The third-order valence-corrected chi connectivity index (χ3v) is 4.40. The van der Waals surface area contributed by atoms with Crippen molar-refractivity contribution in [1.29, 1.82) is 0 Å². The van der Waals surface area contributed by atoms with Crippen LogP contribution >= 0.6 is 0 Å². The summed E-state index contributed by atoms with van der Waals surface area (Å²) in [6.45, 7) is 5.23. The summed E-state index contributed by atoms with van der Waals surface area (Å²) in [4.78, 5) is 18.7. The summed E-state index contributed by atoms with van der Waals surface area (Å²) in [5.41, 5.74) is 2.99. The van der Waals surface area contributed by atoms with E-state index < -0.39 is 0 Å². The molecule has 1 aromatic carbocycles. The number of carbonyl (C=O) groups is 1. The maximum Gasteiger partial charge on any atom is 0.338 e. The van der Waals surface area contributed by atoms with Crippen molar-refractivity contribution < 1.29 is 14.3 Å². The zero-order valence-electron chi connectivity index (χ0n) is 15.5.